The number of benzene rings is 1. The third kappa shape index (κ3) is 3.36. The maximum absolute atomic E-state index is 13.8. The van der Waals surface area contributed by atoms with Gasteiger partial charge in [-0.3, -0.25) is 0 Å². The summed E-state index contributed by atoms with van der Waals surface area (Å²) in [5, 5.41) is 9.40. The van der Waals surface area contributed by atoms with Crippen LogP contribution in [-0.2, 0) is 13.2 Å². The number of rotatable bonds is 6. The lowest BCUT2D eigenvalue weighted by Gasteiger charge is -2.11. The summed E-state index contributed by atoms with van der Waals surface area (Å²) in [4.78, 5) is 4.07. The van der Waals surface area contributed by atoms with Gasteiger partial charge in [0, 0.05) is 6.54 Å². The number of aliphatic hydroxyl groups excluding tert-OH is 1. The van der Waals surface area contributed by atoms with Gasteiger partial charge >= 0.3 is 0 Å². The fourth-order valence-corrected chi connectivity index (χ4v) is 1.96. The Hall–Kier alpha value is -1.88. The Morgan fingerprint density at radius 3 is 2.90 bits per heavy atom. The van der Waals surface area contributed by atoms with Crippen molar-refractivity contribution >= 4 is 0 Å². The molecule has 0 saturated heterocycles. The van der Waals surface area contributed by atoms with Crippen LogP contribution in [0.3, 0.4) is 0 Å². The first-order chi connectivity index (χ1) is 9.61. The molecule has 0 aliphatic carbocycles. The van der Waals surface area contributed by atoms with Crippen molar-refractivity contribution in [1.29, 1.82) is 0 Å². The van der Waals surface area contributed by atoms with Crippen LogP contribution in [0.25, 0.3) is 0 Å². The Labute approximate surface area is 117 Å². The Bertz CT molecular complexity index is 567. The van der Waals surface area contributed by atoms with Gasteiger partial charge in [-0.2, -0.15) is 0 Å². The molecule has 1 aromatic heterocycles. The van der Waals surface area contributed by atoms with Crippen molar-refractivity contribution in [3.8, 4) is 5.75 Å². The molecule has 0 bridgehead atoms. The molecule has 0 fully saturated rings. The number of nitrogens with zero attached hydrogens (tertiary/aromatic N) is 2. The Morgan fingerprint density at radius 1 is 1.45 bits per heavy atom. The smallest absolute Gasteiger partial charge is 0.165 e. The van der Waals surface area contributed by atoms with Crippen LogP contribution in [0.2, 0.25) is 0 Å². The fourth-order valence-electron chi connectivity index (χ4n) is 1.96. The lowest BCUT2D eigenvalue weighted by Crippen LogP contribution is -2.06. The van der Waals surface area contributed by atoms with Gasteiger partial charge in [-0.25, -0.2) is 9.37 Å². The van der Waals surface area contributed by atoms with E-state index >= 15 is 0 Å². The second-order valence-corrected chi connectivity index (χ2v) is 4.73. The zero-order valence-electron chi connectivity index (χ0n) is 11.7. The molecule has 4 nitrogen and oxygen atoms in total. The number of hydrogen-bond donors (Lipinski definition) is 1. The van der Waals surface area contributed by atoms with Gasteiger partial charge in [-0.05, 0) is 31.0 Å². The van der Waals surface area contributed by atoms with E-state index in [-0.39, 0.29) is 12.4 Å². The van der Waals surface area contributed by atoms with E-state index in [2.05, 4.69) is 11.9 Å². The van der Waals surface area contributed by atoms with Gasteiger partial charge in [0.1, 0.15) is 6.61 Å². The minimum atomic E-state index is -0.690. The first kappa shape index (κ1) is 14.5. The molecule has 0 aliphatic heterocycles. The summed E-state index contributed by atoms with van der Waals surface area (Å²) >= 11 is 0. The molecule has 0 aliphatic rings. The minimum Gasteiger partial charge on any atom is -0.484 e. The monoisotopic (exact) mass is 278 g/mol. The van der Waals surface area contributed by atoms with E-state index in [0.717, 1.165) is 18.7 Å². The normalized spacial score (nSPS) is 12.4. The maximum Gasteiger partial charge on any atom is 0.165 e. The molecule has 1 atom stereocenters. The highest BCUT2D eigenvalue weighted by atomic mass is 19.1. The van der Waals surface area contributed by atoms with Crippen molar-refractivity contribution in [2.45, 2.75) is 39.5 Å². The van der Waals surface area contributed by atoms with Crippen LogP contribution in [0.5, 0.6) is 5.75 Å². The molecule has 2 aromatic rings. The second-order valence-electron chi connectivity index (χ2n) is 4.73. The molecule has 5 heteroatoms. The van der Waals surface area contributed by atoms with Crippen LogP contribution in [-0.4, -0.2) is 14.7 Å². The molecule has 1 heterocycles. The minimum absolute atomic E-state index is 0.179. The van der Waals surface area contributed by atoms with Crippen molar-refractivity contribution in [3.05, 3.63) is 47.8 Å². The highest BCUT2D eigenvalue weighted by Crippen LogP contribution is 2.22. The number of aliphatic hydroxyl groups is 1. The van der Waals surface area contributed by atoms with E-state index in [1.807, 2.05) is 4.57 Å². The molecule has 0 spiro atoms. The average Bonchev–Trinajstić information content (AvgIpc) is 2.85. The van der Waals surface area contributed by atoms with E-state index in [0.29, 0.717) is 5.56 Å². The average molecular weight is 278 g/mol. The van der Waals surface area contributed by atoms with Crippen molar-refractivity contribution < 1.29 is 14.2 Å². The summed E-state index contributed by atoms with van der Waals surface area (Å²) < 4.78 is 21.3. The zero-order valence-corrected chi connectivity index (χ0v) is 11.7. The van der Waals surface area contributed by atoms with Gasteiger partial charge < -0.3 is 14.4 Å². The quantitative estimate of drug-likeness (QED) is 0.883. The molecule has 1 aromatic carbocycles. The van der Waals surface area contributed by atoms with Gasteiger partial charge in [0.15, 0.2) is 11.6 Å². The van der Waals surface area contributed by atoms with Crippen molar-refractivity contribution in [2.24, 2.45) is 0 Å². The molecule has 0 unspecified atom stereocenters. The van der Waals surface area contributed by atoms with Crippen molar-refractivity contribution in [2.75, 3.05) is 0 Å². The first-order valence-electron chi connectivity index (χ1n) is 6.71. The van der Waals surface area contributed by atoms with Crippen LogP contribution in [0.15, 0.2) is 30.7 Å². The van der Waals surface area contributed by atoms with Gasteiger partial charge in [-0.1, -0.05) is 13.0 Å². The molecule has 1 N–H and O–H groups in total. The number of imidazole rings is 1. The summed E-state index contributed by atoms with van der Waals surface area (Å²) in [7, 11) is 0. The topological polar surface area (TPSA) is 47.3 Å². The standard InChI is InChI=1S/C15H19FN2O2/c1-3-6-18-10-17-8-13(18)9-20-15-5-4-12(11(2)19)7-14(15)16/h4-5,7-8,10-11,19H,3,6,9H2,1-2H3/t11-/m0/s1. The predicted octanol–water partition coefficient (Wildman–Crippen LogP) is 3.06. The van der Waals surface area contributed by atoms with Crippen LogP contribution in [0, 0.1) is 5.82 Å². The number of hydrogen-bond acceptors (Lipinski definition) is 3. The van der Waals surface area contributed by atoms with E-state index < -0.39 is 11.9 Å². The SMILES string of the molecule is CCCn1cncc1COc1ccc([C@H](C)O)cc1F. The summed E-state index contributed by atoms with van der Waals surface area (Å²) in [6, 6.07) is 4.49. The second kappa shape index (κ2) is 6.52. The highest BCUT2D eigenvalue weighted by molar-refractivity contribution is 5.30. The third-order valence-corrected chi connectivity index (χ3v) is 3.08. The Kier molecular flexibility index (Phi) is 4.74. The molecular formula is C15H19FN2O2. The lowest BCUT2D eigenvalue weighted by molar-refractivity contribution is 0.198. The molecule has 108 valence electrons. The number of ether oxygens (including phenoxy) is 1. The maximum atomic E-state index is 13.8. The van der Waals surface area contributed by atoms with Gasteiger partial charge in [0.25, 0.3) is 0 Å². The summed E-state index contributed by atoms with van der Waals surface area (Å²) in [6.07, 6.45) is 3.78. The first-order valence-corrected chi connectivity index (χ1v) is 6.71. The van der Waals surface area contributed by atoms with E-state index in [9.17, 15) is 9.50 Å². The molecule has 20 heavy (non-hydrogen) atoms. The zero-order chi connectivity index (χ0) is 14.5. The third-order valence-electron chi connectivity index (χ3n) is 3.08. The van der Waals surface area contributed by atoms with Gasteiger partial charge in [0.2, 0.25) is 0 Å². The number of aromatic nitrogens is 2. The van der Waals surface area contributed by atoms with Gasteiger partial charge in [0.05, 0.1) is 24.3 Å². The molecular weight excluding hydrogens is 259 g/mol. The molecule has 2 rings (SSSR count). The molecule has 0 radical (unpaired) electrons. The Morgan fingerprint density at radius 2 is 2.25 bits per heavy atom. The van der Waals surface area contributed by atoms with Gasteiger partial charge in [-0.15, -0.1) is 0 Å². The van der Waals surface area contributed by atoms with E-state index in [4.69, 9.17) is 4.74 Å². The van der Waals surface area contributed by atoms with Crippen LogP contribution >= 0.6 is 0 Å². The largest absolute Gasteiger partial charge is 0.484 e. The summed E-state index contributed by atoms with van der Waals surface area (Å²) in [5.41, 5.74) is 1.44. The summed E-state index contributed by atoms with van der Waals surface area (Å²) in [5.74, 6) is -0.288. The predicted molar refractivity (Wildman–Crippen MR) is 73.9 cm³/mol. The van der Waals surface area contributed by atoms with Crippen molar-refractivity contribution in [3.63, 3.8) is 0 Å². The van der Waals surface area contributed by atoms with Crippen LogP contribution in [0.4, 0.5) is 4.39 Å². The molecule has 0 amide bonds. The Balaban J connectivity index is 2.05. The van der Waals surface area contributed by atoms with Crippen LogP contribution < -0.4 is 4.74 Å². The number of aryl methyl sites for hydroxylation is 1. The molecule has 0 saturated carbocycles. The van der Waals surface area contributed by atoms with Crippen molar-refractivity contribution in [1.82, 2.24) is 9.55 Å². The van der Waals surface area contributed by atoms with Crippen LogP contribution in [0.1, 0.15) is 37.6 Å². The summed E-state index contributed by atoms with van der Waals surface area (Å²) in [6.45, 7) is 4.81. The lowest BCUT2D eigenvalue weighted by atomic mass is 10.1. The van der Waals surface area contributed by atoms with E-state index in [1.165, 1.54) is 12.1 Å². The number of halogens is 1. The van der Waals surface area contributed by atoms with E-state index in [1.54, 1.807) is 25.5 Å². The fraction of sp³-hybridized carbons (Fsp3) is 0.400. The highest BCUT2D eigenvalue weighted by Gasteiger charge is 2.09.